The number of carbonyl (C=O) groups excluding carboxylic acids is 2. The maximum Gasteiger partial charge on any atom is 0.209 e. The molecule has 0 aliphatic heterocycles. The first kappa shape index (κ1) is 17.1. The van der Waals surface area contributed by atoms with Crippen LogP contribution in [0.3, 0.4) is 0 Å². The van der Waals surface area contributed by atoms with Crippen molar-refractivity contribution in [2.24, 2.45) is 0 Å². The lowest BCUT2D eigenvalue weighted by molar-refractivity contribution is -0.304. The fourth-order valence-corrected chi connectivity index (χ4v) is 3.32. The van der Waals surface area contributed by atoms with Crippen molar-refractivity contribution < 1.29 is 19.1 Å². The molecule has 5 nitrogen and oxygen atoms in total. The largest absolute Gasteiger partial charge is 0.550 e. The highest BCUT2D eigenvalue weighted by Crippen LogP contribution is 2.28. The number of furan rings is 1. The summed E-state index contributed by atoms with van der Waals surface area (Å²) in [5, 5.41) is 12.3. The highest BCUT2D eigenvalue weighted by Gasteiger charge is 2.20. The first-order valence-corrected chi connectivity index (χ1v) is 8.59. The molecule has 0 radical (unpaired) electrons. The Hall–Kier alpha value is -3.31. The number of hydrogen-bond donors (Lipinski definition) is 1. The van der Waals surface area contributed by atoms with Crippen molar-refractivity contribution >= 4 is 34.3 Å². The third kappa shape index (κ3) is 3.25. The summed E-state index contributed by atoms with van der Waals surface area (Å²) in [6.45, 7) is 0. The summed E-state index contributed by atoms with van der Waals surface area (Å²) in [6, 6.07) is 15.6. The average molecular weight is 379 g/mol. The molecule has 2 heterocycles. The number of ketones is 1. The molecule has 2 aromatic carbocycles. The Morgan fingerprint density at radius 3 is 2.67 bits per heavy atom. The Morgan fingerprint density at radius 1 is 1.07 bits per heavy atom. The van der Waals surface area contributed by atoms with Crippen LogP contribution < -0.4 is 5.11 Å². The van der Waals surface area contributed by atoms with Gasteiger partial charge >= 0.3 is 0 Å². The molecule has 0 saturated carbocycles. The predicted octanol–water partition coefficient (Wildman–Crippen LogP) is 3.60. The fourth-order valence-electron chi connectivity index (χ4n) is 3.15. The number of H-pyrrole nitrogens is 1. The number of rotatable bonds is 5. The first-order valence-electron chi connectivity index (χ1n) is 8.21. The van der Waals surface area contributed by atoms with Crippen molar-refractivity contribution in [3.63, 3.8) is 0 Å². The van der Waals surface area contributed by atoms with E-state index in [2.05, 4.69) is 4.98 Å². The fraction of sp³-hybridized carbons (Fsp3) is 0.0476. The van der Waals surface area contributed by atoms with Gasteiger partial charge in [-0.1, -0.05) is 35.9 Å². The van der Waals surface area contributed by atoms with Gasteiger partial charge in [0.2, 0.25) is 5.78 Å². The van der Waals surface area contributed by atoms with E-state index in [0.717, 1.165) is 5.56 Å². The highest BCUT2D eigenvalue weighted by atomic mass is 35.5. The monoisotopic (exact) mass is 378 g/mol. The molecular formula is C21H13ClNO4-. The van der Waals surface area contributed by atoms with Gasteiger partial charge in [0.15, 0.2) is 0 Å². The van der Waals surface area contributed by atoms with E-state index < -0.39 is 5.97 Å². The van der Waals surface area contributed by atoms with E-state index in [1.807, 2.05) is 6.07 Å². The Balaban J connectivity index is 1.83. The van der Waals surface area contributed by atoms with Gasteiger partial charge in [-0.15, -0.1) is 0 Å². The number of carboxylic acid groups (broad SMARTS) is 1. The van der Waals surface area contributed by atoms with Crippen molar-refractivity contribution in [1.82, 2.24) is 4.98 Å². The van der Waals surface area contributed by atoms with Crippen LogP contribution in [0.1, 0.15) is 21.6 Å². The van der Waals surface area contributed by atoms with E-state index in [4.69, 9.17) is 16.0 Å². The number of aliphatic carboxylic acids is 1. The minimum atomic E-state index is -1.26. The van der Waals surface area contributed by atoms with Crippen LogP contribution in [0.15, 0.2) is 65.3 Å². The van der Waals surface area contributed by atoms with Crippen molar-refractivity contribution in [1.29, 1.82) is 0 Å². The zero-order valence-corrected chi connectivity index (χ0v) is 14.7. The van der Waals surface area contributed by atoms with Crippen LogP contribution in [-0.2, 0) is 11.2 Å². The van der Waals surface area contributed by atoms with Crippen LogP contribution in [-0.4, -0.2) is 16.7 Å². The Kier molecular flexibility index (Phi) is 4.30. The number of nitrogens with one attached hydrogen (secondary N) is 1. The van der Waals surface area contributed by atoms with Crippen molar-refractivity contribution in [2.75, 3.05) is 0 Å². The van der Waals surface area contributed by atoms with E-state index in [0.29, 0.717) is 32.8 Å². The smallest absolute Gasteiger partial charge is 0.209 e. The number of fused-ring (bicyclic) bond motifs is 1. The molecule has 4 aromatic rings. The highest BCUT2D eigenvalue weighted by molar-refractivity contribution is 6.31. The molecule has 0 aliphatic rings. The van der Waals surface area contributed by atoms with Crippen molar-refractivity contribution in [2.45, 2.75) is 6.42 Å². The van der Waals surface area contributed by atoms with E-state index in [9.17, 15) is 14.7 Å². The quantitative estimate of drug-likeness (QED) is 0.537. The topological polar surface area (TPSA) is 86.1 Å². The summed E-state index contributed by atoms with van der Waals surface area (Å²) >= 11 is 6.02. The number of carboxylic acids is 1. The Bertz CT molecular complexity index is 1160. The number of carbonyl (C=O) groups is 2. The molecular weight excluding hydrogens is 366 g/mol. The third-order valence-corrected chi connectivity index (χ3v) is 4.58. The normalized spacial score (nSPS) is 11.0. The van der Waals surface area contributed by atoms with Gasteiger partial charge < -0.3 is 19.3 Å². The molecule has 27 heavy (non-hydrogen) atoms. The predicted molar refractivity (Wildman–Crippen MR) is 99.6 cm³/mol. The van der Waals surface area contributed by atoms with Crippen molar-refractivity contribution in [3.05, 3.63) is 82.7 Å². The first-order chi connectivity index (χ1) is 13.0. The maximum absolute atomic E-state index is 13.1. The van der Waals surface area contributed by atoms with Crippen molar-refractivity contribution in [3.8, 4) is 11.3 Å². The number of aromatic nitrogens is 1. The van der Waals surface area contributed by atoms with E-state index in [-0.39, 0.29) is 17.9 Å². The second kappa shape index (κ2) is 6.78. The number of hydrogen-bond acceptors (Lipinski definition) is 4. The number of halogens is 1. The molecule has 0 atom stereocenters. The van der Waals surface area contributed by atoms with Gasteiger partial charge in [0.1, 0.15) is 5.76 Å². The second-order valence-corrected chi connectivity index (χ2v) is 6.54. The Labute approximate surface area is 159 Å². The molecule has 6 heteroatoms. The van der Waals surface area contributed by atoms with Gasteiger partial charge in [-0.2, -0.15) is 0 Å². The Morgan fingerprint density at radius 2 is 1.93 bits per heavy atom. The standard InChI is InChI=1S/C21H14ClNO4/c22-14-6-7-15-16(11-19(24)25)20(23-17(15)10-14)21(26)13-4-1-3-12(9-13)18-5-2-8-27-18/h1-10,23H,11H2,(H,24,25)/p-1. The van der Waals surface area contributed by atoms with Crippen LogP contribution in [0.2, 0.25) is 5.02 Å². The molecule has 0 amide bonds. The van der Waals surface area contributed by atoms with E-state index in [1.165, 1.54) is 0 Å². The van der Waals surface area contributed by atoms with Gasteiger partial charge in [-0.05, 0) is 35.9 Å². The zero-order chi connectivity index (χ0) is 19.0. The van der Waals surface area contributed by atoms with Gasteiger partial charge in [0, 0.05) is 39.4 Å². The zero-order valence-electron chi connectivity index (χ0n) is 14.0. The summed E-state index contributed by atoms with van der Waals surface area (Å²) in [6.07, 6.45) is 1.18. The second-order valence-electron chi connectivity index (χ2n) is 6.10. The van der Waals surface area contributed by atoms with E-state index in [1.54, 1.807) is 54.8 Å². The lowest BCUT2D eigenvalue weighted by Crippen LogP contribution is -2.25. The lowest BCUT2D eigenvalue weighted by Gasteiger charge is -2.06. The minimum Gasteiger partial charge on any atom is -0.550 e. The van der Waals surface area contributed by atoms with Gasteiger partial charge in [-0.25, -0.2) is 0 Å². The lowest BCUT2D eigenvalue weighted by atomic mass is 9.99. The van der Waals surface area contributed by atoms with Crippen LogP contribution in [0.5, 0.6) is 0 Å². The number of aromatic amines is 1. The third-order valence-electron chi connectivity index (χ3n) is 4.35. The summed E-state index contributed by atoms with van der Waals surface area (Å²) < 4.78 is 5.38. The molecule has 0 fully saturated rings. The minimum absolute atomic E-state index is 0.216. The van der Waals surface area contributed by atoms with Crippen LogP contribution >= 0.6 is 11.6 Å². The summed E-state index contributed by atoms with van der Waals surface area (Å²) in [7, 11) is 0. The van der Waals surface area contributed by atoms with Gasteiger partial charge in [-0.3, -0.25) is 4.79 Å². The molecule has 2 aromatic heterocycles. The number of benzene rings is 2. The molecule has 4 rings (SSSR count). The molecule has 0 bridgehead atoms. The SMILES string of the molecule is O=C([O-])Cc1c(C(=O)c2cccc(-c3ccco3)c2)[nH]c2cc(Cl)ccc12. The van der Waals surface area contributed by atoms with Crippen LogP contribution in [0, 0.1) is 0 Å². The molecule has 134 valence electrons. The molecule has 1 N–H and O–H groups in total. The molecule has 0 spiro atoms. The van der Waals surface area contributed by atoms with E-state index >= 15 is 0 Å². The van der Waals surface area contributed by atoms with Crippen LogP contribution in [0.25, 0.3) is 22.2 Å². The molecule has 0 aliphatic carbocycles. The summed E-state index contributed by atoms with van der Waals surface area (Å²) in [5.41, 5.74) is 2.38. The maximum atomic E-state index is 13.1. The molecule has 0 unspecified atom stereocenters. The average Bonchev–Trinajstić information content (AvgIpc) is 3.29. The summed E-state index contributed by atoms with van der Waals surface area (Å²) in [5.74, 6) is -0.931. The molecule has 0 saturated heterocycles. The van der Waals surface area contributed by atoms with Gasteiger partial charge in [0.05, 0.1) is 12.0 Å². The summed E-state index contributed by atoms with van der Waals surface area (Å²) in [4.78, 5) is 27.4. The van der Waals surface area contributed by atoms with Gasteiger partial charge in [0.25, 0.3) is 0 Å². The van der Waals surface area contributed by atoms with Crippen LogP contribution in [0.4, 0.5) is 0 Å².